The number of rotatable bonds is 6. The van der Waals surface area contributed by atoms with Crippen LogP contribution in [-0.2, 0) is 4.79 Å². The highest BCUT2D eigenvalue weighted by atomic mass is 79.9. The van der Waals surface area contributed by atoms with Crippen molar-refractivity contribution in [1.29, 1.82) is 0 Å². The molecular formula is C24H26BrNO3. The summed E-state index contributed by atoms with van der Waals surface area (Å²) in [5.41, 5.74) is 5.52. The molecule has 0 spiro atoms. The number of aryl methyl sites for hydroxylation is 1. The molecule has 3 aromatic rings. The number of furan rings is 1. The summed E-state index contributed by atoms with van der Waals surface area (Å²) in [6, 6.07) is 10.2. The zero-order chi connectivity index (χ0) is 21.1. The van der Waals surface area contributed by atoms with Crippen LogP contribution in [0.25, 0.3) is 27.7 Å². The van der Waals surface area contributed by atoms with Gasteiger partial charge in [0, 0.05) is 39.2 Å². The standard InChI is InChI=1S/C24H26BrNO3/c1-14(2)12-26-22(27)10-15(3)19-11-20-21(17-6-8-18(25)9-7-17)13-29-24(20)16(4)23(19)28-5/h6-11,13-14H,12H2,1-5H3,(H,26,27)/b15-10+. The largest absolute Gasteiger partial charge is 0.496 e. The van der Waals surface area contributed by atoms with Gasteiger partial charge in [-0.1, -0.05) is 41.9 Å². The molecule has 1 N–H and O–H groups in total. The van der Waals surface area contributed by atoms with Gasteiger partial charge in [-0.25, -0.2) is 0 Å². The molecule has 3 rings (SSSR count). The first-order valence-corrected chi connectivity index (χ1v) is 10.4. The first-order chi connectivity index (χ1) is 13.8. The fraction of sp³-hybridized carbons (Fsp3) is 0.292. The van der Waals surface area contributed by atoms with Crippen molar-refractivity contribution in [2.45, 2.75) is 27.7 Å². The van der Waals surface area contributed by atoms with Crippen molar-refractivity contribution in [2.75, 3.05) is 13.7 Å². The van der Waals surface area contributed by atoms with Gasteiger partial charge in [0.15, 0.2) is 0 Å². The van der Waals surface area contributed by atoms with E-state index in [1.54, 1.807) is 19.4 Å². The lowest BCUT2D eigenvalue weighted by atomic mass is 9.96. The van der Waals surface area contributed by atoms with E-state index in [1.807, 2.05) is 32.0 Å². The minimum atomic E-state index is -0.101. The molecule has 0 radical (unpaired) electrons. The lowest BCUT2D eigenvalue weighted by Gasteiger charge is -2.13. The molecule has 0 unspecified atom stereocenters. The highest BCUT2D eigenvalue weighted by molar-refractivity contribution is 9.10. The summed E-state index contributed by atoms with van der Waals surface area (Å²) in [7, 11) is 1.64. The molecule has 0 aliphatic carbocycles. The van der Waals surface area contributed by atoms with Gasteiger partial charge in [0.1, 0.15) is 11.3 Å². The third kappa shape index (κ3) is 4.56. The Kier molecular flexibility index (Phi) is 6.48. The van der Waals surface area contributed by atoms with Crippen LogP contribution >= 0.6 is 15.9 Å². The summed E-state index contributed by atoms with van der Waals surface area (Å²) in [4.78, 5) is 12.3. The van der Waals surface area contributed by atoms with Crippen molar-refractivity contribution in [3.63, 3.8) is 0 Å². The second kappa shape index (κ2) is 8.87. The predicted octanol–water partition coefficient (Wildman–Crippen LogP) is 6.35. The number of carbonyl (C=O) groups excluding carboxylic acids is 1. The van der Waals surface area contributed by atoms with Crippen LogP contribution in [0.1, 0.15) is 31.9 Å². The van der Waals surface area contributed by atoms with Gasteiger partial charge in [0.25, 0.3) is 0 Å². The first kappa shape index (κ1) is 21.2. The average molecular weight is 456 g/mol. The van der Waals surface area contributed by atoms with Crippen LogP contribution in [0.5, 0.6) is 5.75 Å². The van der Waals surface area contributed by atoms with Crippen molar-refractivity contribution >= 4 is 38.4 Å². The van der Waals surface area contributed by atoms with Crippen LogP contribution < -0.4 is 10.1 Å². The van der Waals surface area contributed by atoms with E-state index in [4.69, 9.17) is 9.15 Å². The molecule has 29 heavy (non-hydrogen) atoms. The SMILES string of the molecule is COc1c(/C(C)=C/C(=O)NCC(C)C)cc2c(-c3ccc(Br)cc3)coc2c1C. The van der Waals surface area contributed by atoms with Crippen LogP contribution in [0.4, 0.5) is 0 Å². The number of hydrogen-bond donors (Lipinski definition) is 1. The zero-order valence-electron chi connectivity index (χ0n) is 17.4. The number of amides is 1. The monoisotopic (exact) mass is 455 g/mol. The number of carbonyl (C=O) groups is 1. The summed E-state index contributed by atoms with van der Waals surface area (Å²) < 4.78 is 12.6. The van der Waals surface area contributed by atoms with Gasteiger partial charge in [-0.3, -0.25) is 4.79 Å². The summed E-state index contributed by atoms with van der Waals surface area (Å²) in [5.74, 6) is 1.02. The van der Waals surface area contributed by atoms with E-state index in [-0.39, 0.29) is 5.91 Å². The number of fused-ring (bicyclic) bond motifs is 1. The Balaban J connectivity index is 2.10. The number of methoxy groups -OCH3 is 1. The van der Waals surface area contributed by atoms with Gasteiger partial charge < -0.3 is 14.5 Å². The number of allylic oxidation sites excluding steroid dienone is 1. The third-order valence-corrected chi connectivity index (χ3v) is 5.39. The Bertz CT molecular complexity index is 1060. The molecule has 1 heterocycles. The lowest BCUT2D eigenvalue weighted by Crippen LogP contribution is -2.25. The number of benzene rings is 2. The predicted molar refractivity (Wildman–Crippen MR) is 122 cm³/mol. The van der Waals surface area contributed by atoms with Crippen molar-refractivity contribution in [3.8, 4) is 16.9 Å². The summed E-state index contributed by atoms with van der Waals surface area (Å²) in [5, 5.41) is 3.93. The maximum absolute atomic E-state index is 12.3. The van der Waals surface area contributed by atoms with Gasteiger partial charge in [0.05, 0.1) is 13.4 Å². The topological polar surface area (TPSA) is 51.5 Å². The van der Waals surface area contributed by atoms with Gasteiger partial charge in [0.2, 0.25) is 5.91 Å². The molecule has 152 valence electrons. The van der Waals surface area contributed by atoms with Gasteiger partial charge in [-0.2, -0.15) is 0 Å². The molecule has 0 saturated carbocycles. The molecule has 5 heteroatoms. The van der Waals surface area contributed by atoms with E-state index in [0.29, 0.717) is 12.5 Å². The normalized spacial score (nSPS) is 11.9. The first-order valence-electron chi connectivity index (χ1n) is 9.63. The second-order valence-electron chi connectivity index (χ2n) is 7.58. The van der Waals surface area contributed by atoms with Crippen LogP contribution in [0.15, 0.2) is 51.6 Å². The van der Waals surface area contributed by atoms with Gasteiger partial charge in [-0.15, -0.1) is 0 Å². The van der Waals surface area contributed by atoms with Crippen molar-refractivity contribution in [2.24, 2.45) is 5.92 Å². The Labute approximate surface area is 180 Å². The molecule has 0 bridgehead atoms. The Morgan fingerprint density at radius 3 is 2.59 bits per heavy atom. The van der Waals surface area contributed by atoms with Crippen LogP contribution in [0.3, 0.4) is 0 Å². The Hall–Kier alpha value is -2.53. The van der Waals surface area contributed by atoms with E-state index < -0.39 is 0 Å². The molecule has 0 aliphatic heterocycles. The minimum absolute atomic E-state index is 0.101. The quantitative estimate of drug-likeness (QED) is 0.440. The third-order valence-electron chi connectivity index (χ3n) is 4.86. The number of halogens is 1. The molecule has 0 fully saturated rings. The summed E-state index contributed by atoms with van der Waals surface area (Å²) in [6.07, 6.45) is 3.41. The van der Waals surface area contributed by atoms with Crippen molar-refractivity contribution < 1.29 is 13.9 Å². The van der Waals surface area contributed by atoms with E-state index in [1.165, 1.54) is 0 Å². The van der Waals surface area contributed by atoms with Gasteiger partial charge in [-0.05, 0) is 49.1 Å². The Morgan fingerprint density at radius 1 is 1.28 bits per heavy atom. The van der Waals surface area contributed by atoms with E-state index in [0.717, 1.165) is 49.0 Å². The highest BCUT2D eigenvalue weighted by Crippen LogP contribution is 2.40. The molecule has 0 aliphatic rings. The van der Waals surface area contributed by atoms with E-state index >= 15 is 0 Å². The van der Waals surface area contributed by atoms with Crippen molar-refractivity contribution in [3.05, 3.63) is 58.3 Å². The summed E-state index contributed by atoms with van der Waals surface area (Å²) >= 11 is 3.48. The highest BCUT2D eigenvalue weighted by Gasteiger charge is 2.18. The molecular weight excluding hydrogens is 430 g/mol. The Morgan fingerprint density at radius 2 is 1.97 bits per heavy atom. The molecule has 0 atom stereocenters. The second-order valence-corrected chi connectivity index (χ2v) is 8.50. The van der Waals surface area contributed by atoms with E-state index in [2.05, 4.69) is 47.2 Å². The molecule has 1 aromatic heterocycles. The fourth-order valence-electron chi connectivity index (χ4n) is 3.35. The smallest absolute Gasteiger partial charge is 0.244 e. The molecule has 4 nitrogen and oxygen atoms in total. The van der Waals surface area contributed by atoms with Crippen LogP contribution in [0, 0.1) is 12.8 Å². The number of ether oxygens (including phenoxy) is 1. The number of nitrogens with one attached hydrogen (secondary N) is 1. The van der Waals surface area contributed by atoms with E-state index in [9.17, 15) is 4.79 Å². The maximum Gasteiger partial charge on any atom is 0.244 e. The van der Waals surface area contributed by atoms with Gasteiger partial charge >= 0.3 is 0 Å². The number of hydrogen-bond acceptors (Lipinski definition) is 3. The average Bonchev–Trinajstić information content (AvgIpc) is 3.11. The molecule has 1 amide bonds. The fourth-order valence-corrected chi connectivity index (χ4v) is 3.62. The molecule has 2 aromatic carbocycles. The van der Waals surface area contributed by atoms with Crippen LogP contribution in [-0.4, -0.2) is 19.6 Å². The molecule has 0 saturated heterocycles. The zero-order valence-corrected chi connectivity index (χ0v) is 19.0. The minimum Gasteiger partial charge on any atom is -0.496 e. The van der Waals surface area contributed by atoms with Crippen LogP contribution in [0.2, 0.25) is 0 Å². The summed E-state index contributed by atoms with van der Waals surface area (Å²) in [6.45, 7) is 8.69. The van der Waals surface area contributed by atoms with Crippen molar-refractivity contribution in [1.82, 2.24) is 5.32 Å². The lowest BCUT2D eigenvalue weighted by molar-refractivity contribution is -0.116. The maximum atomic E-state index is 12.3.